The van der Waals surface area contributed by atoms with Crippen LogP contribution in [0.4, 0.5) is 0 Å². The molecule has 6 heteroatoms. The summed E-state index contributed by atoms with van der Waals surface area (Å²) >= 11 is 17.3. The first-order valence-corrected chi connectivity index (χ1v) is 5.98. The Bertz CT molecular complexity index is 584. The van der Waals surface area contributed by atoms with Gasteiger partial charge < -0.3 is 4.74 Å². The SMILES string of the molecule is O=C(Oc1ccc(Cl)cc1)c1cc(Cl)cnc1Cl. The highest BCUT2D eigenvalue weighted by atomic mass is 35.5. The van der Waals surface area contributed by atoms with E-state index in [1.54, 1.807) is 24.3 Å². The van der Waals surface area contributed by atoms with Crippen molar-refractivity contribution >= 4 is 40.8 Å². The fourth-order valence-electron chi connectivity index (χ4n) is 1.23. The maximum absolute atomic E-state index is 11.8. The van der Waals surface area contributed by atoms with Crippen LogP contribution in [0, 0.1) is 0 Å². The summed E-state index contributed by atoms with van der Waals surface area (Å²) in [7, 11) is 0. The summed E-state index contributed by atoms with van der Waals surface area (Å²) in [6.45, 7) is 0. The average molecular weight is 303 g/mol. The molecule has 0 atom stereocenters. The Hall–Kier alpha value is -1.29. The molecule has 1 aromatic heterocycles. The van der Waals surface area contributed by atoms with Crippen molar-refractivity contribution in [2.45, 2.75) is 0 Å². The molecular weight excluding hydrogens is 296 g/mol. The van der Waals surface area contributed by atoms with Gasteiger partial charge in [0, 0.05) is 11.2 Å². The maximum atomic E-state index is 11.8. The molecule has 1 aromatic carbocycles. The van der Waals surface area contributed by atoms with E-state index in [9.17, 15) is 4.79 Å². The monoisotopic (exact) mass is 301 g/mol. The van der Waals surface area contributed by atoms with Crippen molar-refractivity contribution in [2.75, 3.05) is 0 Å². The van der Waals surface area contributed by atoms with Crippen molar-refractivity contribution in [3.8, 4) is 5.75 Å². The van der Waals surface area contributed by atoms with Crippen LogP contribution >= 0.6 is 34.8 Å². The molecular formula is C12H6Cl3NO2. The lowest BCUT2D eigenvalue weighted by Crippen LogP contribution is -2.09. The molecule has 3 nitrogen and oxygen atoms in total. The third kappa shape index (κ3) is 3.13. The molecule has 0 saturated heterocycles. The van der Waals surface area contributed by atoms with Crippen LogP contribution in [0.2, 0.25) is 15.2 Å². The zero-order chi connectivity index (χ0) is 13.1. The summed E-state index contributed by atoms with van der Waals surface area (Å²) in [5.41, 5.74) is 0.110. The van der Waals surface area contributed by atoms with E-state index in [1.807, 2.05) is 0 Å². The molecule has 18 heavy (non-hydrogen) atoms. The summed E-state index contributed by atoms with van der Waals surface area (Å²) in [6.07, 6.45) is 1.35. The molecule has 2 rings (SSSR count). The van der Waals surface area contributed by atoms with Crippen molar-refractivity contribution in [1.29, 1.82) is 0 Å². The number of ether oxygens (including phenoxy) is 1. The quantitative estimate of drug-likeness (QED) is 0.472. The second-order valence-electron chi connectivity index (χ2n) is 3.34. The Morgan fingerprint density at radius 3 is 2.39 bits per heavy atom. The van der Waals surface area contributed by atoms with Crippen LogP contribution in [0.25, 0.3) is 0 Å². The van der Waals surface area contributed by atoms with Crippen LogP contribution < -0.4 is 4.74 Å². The van der Waals surface area contributed by atoms with Crippen LogP contribution in [0.15, 0.2) is 36.5 Å². The minimum absolute atomic E-state index is 0.0402. The van der Waals surface area contributed by atoms with Gasteiger partial charge in [-0.15, -0.1) is 0 Å². The maximum Gasteiger partial charge on any atom is 0.346 e. The third-order valence-corrected chi connectivity index (χ3v) is 2.81. The number of pyridine rings is 1. The molecule has 0 unspecified atom stereocenters. The van der Waals surface area contributed by atoms with E-state index in [0.29, 0.717) is 15.8 Å². The minimum atomic E-state index is -0.627. The predicted molar refractivity (Wildman–Crippen MR) is 70.7 cm³/mol. The molecule has 0 spiro atoms. The number of hydrogen-bond acceptors (Lipinski definition) is 3. The van der Waals surface area contributed by atoms with Gasteiger partial charge in [0.25, 0.3) is 0 Å². The first-order valence-electron chi connectivity index (χ1n) is 4.85. The topological polar surface area (TPSA) is 39.2 Å². The number of rotatable bonds is 2. The van der Waals surface area contributed by atoms with Crippen molar-refractivity contribution < 1.29 is 9.53 Å². The highest BCUT2D eigenvalue weighted by Gasteiger charge is 2.14. The molecule has 0 bridgehead atoms. The van der Waals surface area contributed by atoms with E-state index in [-0.39, 0.29) is 10.7 Å². The summed E-state index contributed by atoms with van der Waals surface area (Å²) in [4.78, 5) is 15.6. The number of aromatic nitrogens is 1. The van der Waals surface area contributed by atoms with Gasteiger partial charge in [-0.3, -0.25) is 0 Å². The third-order valence-electron chi connectivity index (χ3n) is 2.05. The summed E-state index contributed by atoms with van der Waals surface area (Å²) in [5.74, 6) is -0.266. The first kappa shape index (κ1) is 13.1. The Morgan fingerprint density at radius 1 is 1.06 bits per heavy atom. The first-order chi connectivity index (χ1) is 8.56. The van der Waals surface area contributed by atoms with Gasteiger partial charge in [0.15, 0.2) is 0 Å². The number of carbonyl (C=O) groups is 1. The number of benzene rings is 1. The fraction of sp³-hybridized carbons (Fsp3) is 0. The van der Waals surface area contributed by atoms with E-state index < -0.39 is 5.97 Å². The van der Waals surface area contributed by atoms with Gasteiger partial charge in [0.05, 0.1) is 10.6 Å². The van der Waals surface area contributed by atoms with Crippen molar-refractivity contribution in [1.82, 2.24) is 4.98 Å². The van der Waals surface area contributed by atoms with Crippen molar-refractivity contribution in [3.63, 3.8) is 0 Å². The lowest BCUT2D eigenvalue weighted by Gasteiger charge is -2.05. The standard InChI is InChI=1S/C12H6Cl3NO2/c13-7-1-3-9(4-2-7)18-12(17)10-5-8(14)6-16-11(10)15/h1-6H. The predicted octanol–water partition coefficient (Wildman–Crippen LogP) is 4.26. The van der Waals surface area contributed by atoms with Crippen molar-refractivity contribution in [3.05, 3.63) is 57.3 Å². The van der Waals surface area contributed by atoms with E-state index in [0.717, 1.165) is 0 Å². The summed E-state index contributed by atoms with van der Waals surface area (Å²) < 4.78 is 5.11. The molecule has 1 heterocycles. The second-order valence-corrected chi connectivity index (χ2v) is 4.57. The lowest BCUT2D eigenvalue weighted by molar-refractivity contribution is 0.0734. The highest BCUT2D eigenvalue weighted by molar-refractivity contribution is 6.34. The molecule has 0 radical (unpaired) electrons. The lowest BCUT2D eigenvalue weighted by atomic mass is 10.3. The van der Waals surface area contributed by atoms with Gasteiger partial charge in [-0.1, -0.05) is 34.8 Å². The number of nitrogens with zero attached hydrogens (tertiary/aromatic N) is 1. The number of esters is 1. The van der Waals surface area contributed by atoms with Crippen LogP contribution in [0.5, 0.6) is 5.75 Å². The zero-order valence-corrected chi connectivity index (χ0v) is 11.1. The molecule has 0 amide bonds. The average Bonchev–Trinajstić information content (AvgIpc) is 2.35. The van der Waals surface area contributed by atoms with Crippen LogP contribution in [0.1, 0.15) is 10.4 Å². The molecule has 0 saturated carbocycles. The van der Waals surface area contributed by atoms with Gasteiger partial charge >= 0.3 is 5.97 Å². The van der Waals surface area contributed by atoms with E-state index in [4.69, 9.17) is 39.5 Å². The second kappa shape index (κ2) is 5.57. The smallest absolute Gasteiger partial charge is 0.346 e. The van der Waals surface area contributed by atoms with Crippen LogP contribution in [-0.2, 0) is 0 Å². The van der Waals surface area contributed by atoms with E-state index >= 15 is 0 Å². The largest absolute Gasteiger partial charge is 0.423 e. The fourth-order valence-corrected chi connectivity index (χ4v) is 1.69. The Labute approximate surface area is 118 Å². The molecule has 92 valence electrons. The van der Waals surface area contributed by atoms with Gasteiger partial charge in [-0.05, 0) is 30.3 Å². The highest BCUT2D eigenvalue weighted by Crippen LogP contribution is 2.21. The molecule has 0 aliphatic heterocycles. The molecule has 0 aliphatic rings. The Kier molecular flexibility index (Phi) is 4.07. The molecule has 0 aliphatic carbocycles. The normalized spacial score (nSPS) is 10.2. The number of hydrogen-bond donors (Lipinski definition) is 0. The number of halogens is 3. The van der Waals surface area contributed by atoms with Gasteiger partial charge in [0.2, 0.25) is 0 Å². The van der Waals surface area contributed by atoms with Crippen LogP contribution in [-0.4, -0.2) is 11.0 Å². The molecule has 0 fully saturated rings. The Balaban J connectivity index is 2.21. The Morgan fingerprint density at radius 2 is 1.72 bits per heavy atom. The minimum Gasteiger partial charge on any atom is -0.423 e. The zero-order valence-electron chi connectivity index (χ0n) is 8.86. The van der Waals surface area contributed by atoms with Crippen molar-refractivity contribution in [2.24, 2.45) is 0 Å². The van der Waals surface area contributed by atoms with Gasteiger partial charge in [-0.25, -0.2) is 9.78 Å². The van der Waals surface area contributed by atoms with Gasteiger partial charge in [0.1, 0.15) is 10.9 Å². The van der Waals surface area contributed by atoms with Gasteiger partial charge in [-0.2, -0.15) is 0 Å². The molecule has 2 aromatic rings. The summed E-state index contributed by atoms with van der Waals surface area (Å²) in [5, 5.41) is 0.901. The van der Waals surface area contributed by atoms with E-state index in [1.165, 1.54) is 12.3 Å². The molecule has 0 N–H and O–H groups in total. The van der Waals surface area contributed by atoms with Crippen LogP contribution in [0.3, 0.4) is 0 Å². The van der Waals surface area contributed by atoms with E-state index in [2.05, 4.69) is 4.98 Å². The summed E-state index contributed by atoms with van der Waals surface area (Å²) in [6, 6.07) is 7.78. The number of carbonyl (C=O) groups excluding carboxylic acids is 1.